The van der Waals surface area contributed by atoms with Crippen molar-refractivity contribution in [2.24, 2.45) is 0 Å². The van der Waals surface area contributed by atoms with Gasteiger partial charge in [-0.05, 0) is 51.5 Å². The van der Waals surface area contributed by atoms with Crippen molar-refractivity contribution in [3.63, 3.8) is 0 Å². The molecule has 0 spiro atoms. The summed E-state index contributed by atoms with van der Waals surface area (Å²) in [6, 6.07) is 7.16. The number of aromatic nitrogens is 4. The molecule has 0 atom stereocenters. The van der Waals surface area contributed by atoms with Gasteiger partial charge in [-0.25, -0.2) is 8.42 Å². The molecule has 2 heterocycles. The van der Waals surface area contributed by atoms with Crippen LogP contribution < -0.4 is 14.2 Å². The number of para-hydroxylation sites is 1. The lowest BCUT2D eigenvalue weighted by molar-refractivity contribution is 0.391. The van der Waals surface area contributed by atoms with E-state index < -0.39 is 14.8 Å². The van der Waals surface area contributed by atoms with Crippen molar-refractivity contribution >= 4 is 16.0 Å². The predicted octanol–water partition coefficient (Wildman–Crippen LogP) is 3.20. The fourth-order valence-corrected chi connectivity index (χ4v) is 3.43. The molecule has 0 saturated heterocycles. The van der Waals surface area contributed by atoms with Crippen LogP contribution in [0.3, 0.4) is 0 Å². The fraction of sp³-hybridized carbons (Fsp3) is 0.350. The van der Waals surface area contributed by atoms with Gasteiger partial charge in [-0.2, -0.15) is 0 Å². The van der Waals surface area contributed by atoms with E-state index in [1.807, 2.05) is 13.0 Å². The molecule has 1 aromatic carbocycles. The van der Waals surface area contributed by atoms with E-state index in [0.717, 1.165) is 5.56 Å². The molecule has 0 aliphatic rings. The summed E-state index contributed by atoms with van der Waals surface area (Å²) < 4.78 is 39.8. The third-order valence-electron chi connectivity index (χ3n) is 4.45. The Bertz CT molecular complexity index is 1140. The first-order chi connectivity index (χ1) is 14.1. The summed E-state index contributed by atoms with van der Waals surface area (Å²) in [7, 11) is -0.721. The SMILES string of the molecule is COc1cccc(OC)c1-n1c(NS(=O)(=O)C(C)(C)C)nnc1-c1cncc(C)c1. The highest BCUT2D eigenvalue weighted by Crippen LogP contribution is 2.38. The van der Waals surface area contributed by atoms with Crippen LogP contribution in [0, 0.1) is 6.92 Å². The summed E-state index contributed by atoms with van der Waals surface area (Å²) in [6.45, 7) is 6.71. The number of hydrogen-bond acceptors (Lipinski definition) is 7. The van der Waals surface area contributed by atoms with E-state index in [9.17, 15) is 8.42 Å². The van der Waals surface area contributed by atoms with Gasteiger partial charge in [0, 0.05) is 18.0 Å². The van der Waals surface area contributed by atoms with Crippen molar-refractivity contribution in [1.82, 2.24) is 19.7 Å². The summed E-state index contributed by atoms with van der Waals surface area (Å²) >= 11 is 0. The normalized spacial score (nSPS) is 11.9. The maximum Gasteiger partial charge on any atom is 0.243 e. The van der Waals surface area contributed by atoms with Crippen molar-refractivity contribution < 1.29 is 17.9 Å². The molecule has 0 unspecified atom stereocenters. The zero-order valence-electron chi connectivity index (χ0n) is 17.8. The molecule has 10 heteroatoms. The molecule has 3 rings (SSSR count). The van der Waals surface area contributed by atoms with Crippen molar-refractivity contribution in [3.05, 3.63) is 42.2 Å². The molecule has 0 bridgehead atoms. The van der Waals surface area contributed by atoms with Crippen molar-refractivity contribution in [2.75, 3.05) is 18.9 Å². The van der Waals surface area contributed by atoms with E-state index in [1.54, 1.807) is 55.9 Å². The van der Waals surface area contributed by atoms with Gasteiger partial charge in [0.1, 0.15) is 17.2 Å². The van der Waals surface area contributed by atoms with E-state index >= 15 is 0 Å². The van der Waals surface area contributed by atoms with Crippen LogP contribution in [0.25, 0.3) is 17.1 Å². The van der Waals surface area contributed by atoms with Crippen LogP contribution in [-0.4, -0.2) is 47.1 Å². The summed E-state index contributed by atoms with van der Waals surface area (Å²) in [6.07, 6.45) is 3.36. The quantitative estimate of drug-likeness (QED) is 0.638. The second-order valence-electron chi connectivity index (χ2n) is 7.66. The van der Waals surface area contributed by atoms with Gasteiger partial charge >= 0.3 is 0 Å². The van der Waals surface area contributed by atoms with E-state index in [1.165, 1.54) is 14.2 Å². The van der Waals surface area contributed by atoms with Crippen molar-refractivity contribution in [1.29, 1.82) is 0 Å². The highest BCUT2D eigenvalue weighted by molar-refractivity contribution is 7.94. The van der Waals surface area contributed by atoms with E-state index in [-0.39, 0.29) is 5.95 Å². The second-order valence-corrected chi connectivity index (χ2v) is 10.1. The number of nitrogens with one attached hydrogen (secondary N) is 1. The number of hydrogen-bond donors (Lipinski definition) is 1. The van der Waals surface area contributed by atoms with Gasteiger partial charge in [0.05, 0.1) is 19.0 Å². The molecular formula is C20H25N5O4S. The van der Waals surface area contributed by atoms with E-state index in [4.69, 9.17) is 9.47 Å². The number of benzene rings is 1. The number of nitrogens with zero attached hydrogens (tertiary/aromatic N) is 4. The number of sulfonamides is 1. The average molecular weight is 432 g/mol. The molecule has 1 N–H and O–H groups in total. The first-order valence-electron chi connectivity index (χ1n) is 9.20. The molecule has 0 saturated carbocycles. The van der Waals surface area contributed by atoms with Gasteiger partial charge < -0.3 is 9.47 Å². The molecule has 0 fully saturated rings. The third kappa shape index (κ3) is 3.95. The number of aryl methyl sites for hydroxylation is 1. The van der Waals surface area contributed by atoms with Crippen LogP contribution in [0.1, 0.15) is 26.3 Å². The lowest BCUT2D eigenvalue weighted by Crippen LogP contribution is -2.34. The van der Waals surface area contributed by atoms with Crippen LogP contribution in [0.2, 0.25) is 0 Å². The zero-order chi connectivity index (χ0) is 22.1. The zero-order valence-corrected chi connectivity index (χ0v) is 18.6. The predicted molar refractivity (Wildman–Crippen MR) is 115 cm³/mol. The Hall–Kier alpha value is -3.14. The Labute approximate surface area is 176 Å². The molecular weight excluding hydrogens is 406 g/mol. The average Bonchev–Trinajstić information content (AvgIpc) is 3.08. The van der Waals surface area contributed by atoms with Gasteiger partial charge in [-0.1, -0.05) is 6.07 Å². The lowest BCUT2D eigenvalue weighted by atomic mass is 10.2. The number of pyridine rings is 1. The molecule has 3 aromatic rings. The largest absolute Gasteiger partial charge is 0.494 e. The summed E-state index contributed by atoms with van der Waals surface area (Å²) in [5.74, 6) is 1.34. The molecule has 0 amide bonds. The van der Waals surface area contributed by atoms with Crippen LogP contribution in [0.5, 0.6) is 11.5 Å². The summed E-state index contributed by atoms with van der Waals surface area (Å²) in [5.41, 5.74) is 2.05. The first kappa shape index (κ1) is 21.6. The van der Waals surface area contributed by atoms with Crippen LogP contribution >= 0.6 is 0 Å². The maximum absolute atomic E-state index is 12.8. The monoisotopic (exact) mass is 431 g/mol. The minimum absolute atomic E-state index is 0.0178. The maximum atomic E-state index is 12.8. The lowest BCUT2D eigenvalue weighted by Gasteiger charge is -2.21. The number of rotatable bonds is 6. The van der Waals surface area contributed by atoms with Crippen molar-refractivity contribution in [2.45, 2.75) is 32.4 Å². The van der Waals surface area contributed by atoms with Crippen LogP contribution in [0.4, 0.5) is 5.95 Å². The summed E-state index contributed by atoms with van der Waals surface area (Å²) in [4.78, 5) is 4.22. The van der Waals surface area contributed by atoms with Crippen LogP contribution in [0.15, 0.2) is 36.7 Å². The Morgan fingerprint density at radius 2 is 1.67 bits per heavy atom. The standard InChI is InChI=1S/C20H25N5O4S/c1-13-10-14(12-21-11-13)18-22-23-19(24-30(26,27)20(2,3)4)25(18)17-15(28-5)8-7-9-16(17)29-6/h7-12H,1-6H3,(H,23,24). The Balaban J connectivity index is 2.33. The minimum Gasteiger partial charge on any atom is -0.494 e. The number of methoxy groups -OCH3 is 2. The molecule has 30 heavy (non-hydrogen) atoms. The van der Waals surface area contributed by atoms with E-state index in [2.05, 4.69) is 19.9 Å². The minimum atomic E-state index is -3.77. The van der Waals surface area contributed by atoms with Gasteiger partial charge in [0.2, 0.25) is 16.0 Å². The second kappa shape index (κ2) is 7.94. The van der Waals surface area contributed by atoms with Gasteiger partial charge in [0.25, 0.3) is 0 Å². The van der Waals surface area contributed by atoms with E-state index in [0.29, 0.717) is 28.6 Å². The number of anilines is 1. The van der Waals surface area contributed by atoms with Gasteiger partial charge in [0.15, 0.2) is 5.82 Å². The Morgan fingerprint density at radius 1 is 1.03 bits per heavy atom. The van der Waals surface area contributed by atoms with Gasteiger partial charge in [-0.3, -0.25) is 14.3 Å². The Morgan fingerprint density at radius 3 is 2.20 bits per heavy atom. The molecule has 0 radical (unpaired) electrons. The van der Waals surface area contributed by atoms with Crippen LogP contribution in [-0.2, 0) is 10.0 Å². The van der Waals surface area contributed by atoms with Crippen molar-refractivity contribution in [3.8, 4) is 28.6 Å². The third-order valence-corrected chi connectivity index (χ3v) is 6.52. The highest BCUT2D eigenvalue weighted by Gasteiger charge is 2.32. The highest BCUT2D eigenvalue weighted by atomic mass is 32.2. The smallest absolute Gasteiger partial charge is 0.243 e. The topological polar surface area (TPSA) is 108 Å². The molecule has 2 aromatic heterocycles. The van der Waals surface area contributed by atoms with Gasteiger partial charge in [-0.15, -0.1) is 10.2 Å². The Kier molecular flexibility index (Phi) is 5.71. The molecule has 160 valence electrons. The number of ether oxygens (including phenoxy) is 2. The first-order valence-corrected chi connectivity index (χ1v) is 10.7. The summed E-state index contributed by atoms with van der Waals surface area (Å²) in [5, 5.41) is 8.39. The molecule has 9 nitrogen and oxygen atoms in total. The molecule has 0 aliphatic heterocycles. The molecule has 0 aliphatic carbocycles. The fourth-order valence-electron chi connectivity index (χ4n) is 2.75.